The number of nitrogens with one attached hydrogen (secondary N) is 3. The molecular formula is C12H16N4O2S2. The molecule has 108 valence electrons. The zero-order valence-corrected chi connectivity index (χ0v) is 12.4. The van der Waals surface area contributed by atoms with Crippen LogP contribution in [0.2, 0.25) is 0 Å². The normalized spacial score (nSPS) is 15.6. The van der Waals surface area contributed by atoms with Gasteiger partial charge in [0.25, 0.3) is 0 Å². The topological polar surface area (TPSA) is 86.9 Å². The first-order valence-corrected chi connectivity index (χ1v) is 8.73. The molecule has 0 spiro atoms. The lowest BCUT2D eigenvalue weighted by Crippen LogP contribution is -2.23. The SMILES string of the molecule is O=S(=O)(NCc1ncc[nH]1)c1ccc(CNC2CC2)s1. The van der Waals surface area contributed by atoms with E-state index in [1.165, 1.54) is 24.2 Å². The Morgan fingerprint density at radius 1 is 1.35 bits per heavy atom. The van der Waals surface area contributed by atoms with Gasteiger partial charge in [-0.2, -0.15) is 0 Å². The number of sulfonamides is 1. The van der Waals surface area contributed by atoms with Crippen molar-refractivity contribution in [1.82, 2.24) is 20.0 Å². The van der Waals surface area contributed by atoms with Gasteiger partial charge in [-0.15, -0.1) is 11.3 Å². The third-order valence-corrected chi connectivity index (χ3v) is 6.01. The molecule has 0 aromatic carbocycles. The van der Waals surface area contributed by atoms with Crippen molar-refractivity contribution in [3.8, 4) is 0 Å². The highest BCUT2D eigenvalue weighted by Gasteiger charge is 2.21. The van der Waals surface area contributed by atoms with Gasteiger partial charge in [0.1, 0.15) is 10.0 Å². The maximum atomic E-state index is 12.1. The summed E-state index contributed by atoms with van der Waals surface area (Å²) in [6.07, 6.45) is 5.70. The van der Waals surface area contributed by atoms with Crippen molar-refractivity contribution < 1.29 is 8.42 Å². The minimum Gasteiger partial charge on any atom is -0.347 e. The van der Waals surface area contributed by atoms with Gasteiger partial charge in [0.15, 0.2) is 0 Å². The molecule has 0 radical (unpaired) electrons. The largest absolute Gasteiger partial charge is 0.347 e. The van der Waals surface area contributed by atoms with Crippen molar-refractivity contribution in [2.75, 3.05) is 0 Å². The summed E-state index contributed by atoms with van der Waals surface area (Å²) in [6, 6.07) is 4.13. The molecule has 0 aliphatic heterocycles. The van der Waals surface area contributed by atoms with Gasteiger partial charge in [-0.25, -0.2) is 18.1 Å². The lowest BCUT2D eigenvalue weighted by atomic mass is 10.4. The van der Waals surface area contributed by atoms with Crippen LogP contribution in [-0.2, 0) is 23.1 Å². The molecule has 1 aliphatic carbocycles. The van der Waals surface area contributed by atoms with E-state index in [0.29, 0.717) is 16.1 Å². The lowest BCUT2D eigenvalue weighted by Gasteiger charge is -2.02. The van der Waals surface area contributed by atoms with Gasteiger partial charge in [0.2, 0.25) is 10.0 Å². The fraction of sp³-hybridized carbons (Fsp3) is 0.417. The smallest absolute Gasteiger partial charge is 0.250 e. The van der Waals surface area contributed by atoms with Gasteiger partial charge in [-0.05, 0) is 25.0 Å². The number of H-pyrrole nitrogens is 1. The van der Waals surface area contributed by atoms with Crippen LogP contribution in [0.3, 0.4) is 0 Å². The van der Waals surface area contributed by atoms with Gasteiger partial charge in [0, 0.05) is 29.9 Å². The predicted octanol–water partition coefficient (Wildman–Crippen LogP) is 1.20. The average Bonchev–Trinajstić information content (AvgIpc) is 2.94. The Morgan fingerprint density at radius 2 is 2.20 bits per heavy atom. The highest BCUT2D eigenvalue weighted by molar-refractivity contribution is 7.91. The Bertz CT molecular complexity index is 659. The van der Waals surface area contributed by atoms with Crippen LogP contribution < -0.4 is 10.0 Å². The molecule has 6 nitrogen and oxygen atoms in total. The highest BCUT2D eigenvalue weighted by Crippen LogP contribution is 2.24. The van der Waals surface area contributed by atoms with Crippen molar-refractivity contribution in [3.05, 3.63) is 35.2 Å². The fourth-order valence-electron chi connectivity index (χ4n) is 1.76. The second-order valence-corrected chi connectivity index (χ2v) is 7.90. The summed E-state index contributed by atoms with van der Waals surface area (Å²) in [7, 11) is -3.46. The summed E-state index contributed by atoms with van der Waals surface area (Å²) in [4.78, 5) is 7.88. The number of rotatable bonds is 7. The van der Waals surface area contributed by atoms with Crippen LogP contribution in [0.5, 0.6) is 0 Å². The molecule has 0 bridgehead atoms. The number of aromatic amines is 1. The van der Waals surface area contributed by atoms with E-state index in [0.717, 1.165) is 11.4 Å². The van der Waals surface area contributed by atoms with E-state index in [2.05, 4.69) is 20.0 Å². The van der Waals surface area contributed by atoms with Gasteiger partial charge in [0.05, 0.1) is 6.54 Å². The number of hydrogen-bond donors (Lipinski definition) is 3. The summed E-state index contributed by atoms with van der Waals surface area (Å²) in [5.41, 5.74) is 0. The van der Waals surface area contributed by atoms with Gasteiger partial charge in [-0.1, -0.05) is 0 Å². The minimum absolute atomic E-state index is 0.170. The van der Waals surface area contributed by atoms with Crippen molar-refractivity contribution in [2.24, 2.45) is 0 Å². The molecule has 20 heavy (non-hydrogen) atoms. The number of thiophene rings is 1. The monoisotopic (exact) mass is 312 g/mol. The molecule has 0 atom stereocenters. The van der Waals surface area contributed by atoms with Crippen molar-refractivity contribution in [2.45, 2.75) is 36.2 Å². The van der Waals surface area contributed by atoms with Crippen LogP contribution in [0.1, 0.15) is 23.5 Å². The van der Waals surface area contributed by atoms with E-state index in [1.54, 1.807) is 18.5 Å². The molecule has 2 aromatic rings. The molecule has 0 saturated heterocycles. The van der Waals surface area contributed by atoms with Crippen LogP contribution in [0, 0.1) is 0 Å². The Balaban J connectivity index is 1.61. The number of aromatic nitrogens is 2. The van der Waals surface area contributed by atoms with Gasteiger partial charge < -0.3 is 10.3 Å². The van der Waals surface area contributed by atoms with Crippen LogP contribution in [0.4, 0.5) is 0 Å². The van der Waals surface area contributed by atoms with E-state index < -0.39 is 10.0 Å². The van der Waals surface area contributed by atoms with Crippen molar-refractivity contribution in [3.63, 3.8) is 0 Å². The van der Waals surface area contributed by atoms with E-state index in [4.69, 9.17) is 0 Å². The third-order valence-electron chi connectivity index (χ3n) is 3.03. The van der Waals surface area contributed by atoms with E-state index in [-0.39, 0.29) is 6.54 Å². The molecule has 3 N–H and O–H groups in total. The molecule has 2 aromatic heterocycles. The third kappa shape index (κ3) is 3.45. The quantitative estimate of drug-likeness (QED) is 0.717. The first-order valence-electron chi connectivity index (χ1n) is 6.43. The Labute approximate surface area is 121 Å². The van der Waals surface area contributed by atoms with Crippen molar-refractivity contribution in [1.29, 1.82) is 0 Å². The number of imidazole rings is 1. The van der Waals surface area contributed by atoms with Crippen LogP contribution in [0.15, 0.2) is 28.7 Å². The van der Waals surface area contributed by atoms with Crippen LogP contribution >= 0.6 is 11.3 Å². The molecule has 0 amide bonds. The van der Waals surface area contributed by atoms with Crippen molar-refractivity contribution >= 4 is 21.4 Å². The molecule has 3 rings (SSSR count). The first-order chi connectivity index (χ1) is 9.63. The van der Waals surface area contributed by atoms with Crippen LogP contribution in [0.25, 0.3) is 0 Å². The Hall–Kier alpha value is -1.22. The summed E-state index contributed by atoms with van der Waals surface area (Å²) in [5, 5.41) is 3.37. The van der Waals surface area contributed by atoms with E-state index in [1.807, 2.05) is 6.07 Å². The molecule has 2 heterocycles. The number of hydrogen-bond acceptors (Lipinski definition) is 5. The van der Waals surface area contributed by atoms with Crippen LogP contribution in [-0.4, -0.2) is 24.4 Å². The molecule has 8 heteroatoms. The highest BCUT2D eigenvalue weighted by atomic mass is 32.2. The second kappa shape index (κ2) is 5.65. The zero-order valence-electron chi connectivity index (χ0n) is 10.8. The Morgan fingerprint density at radius 3 is 2.90 bits per heavy atom. The fourth-order valence-corrected chi connectivity index (χ4v) is 4.10. The zero-order chi connectivity index (χ0) is 14.0. The van der Waals surface area contributed by atoms with Gasteiger partial charge in [-0.3, -0.25) is 0 Å². The average molecular weight is 312 g/mol. The Kier molecular flexibility index (Phi) is 3.88. The lowest BCUT2D eigenvalue weighted by molar-refractivity contribution is 0.582. The summed E-state index contributed by atoms with van der Waals surface area (Å²) in [5.74, 6) is 0.598. The molecule has 1 saturated carbocycles. The summed E-state index contributed by atoms with van der Waals surface area (Å²) in [6.45, 7) is 0.909. The summed E-state index contributed by atoms with van der Waals surface area (Å²) < 4.78 is 27.1. The van der Waals surface area contributed by atoms with Gasteiger partial charge >= 0.3 is 0 Å². The first kappa shape index (κ1) is 13.7. The summed E-state index contributed by atoms with van der Waals surface area (Å²) >= 11 is 1.30. The molecule has 1 aliphatic rings. The van der Waals surface area contributed by atoms with E-state index in [9.17, 15) is 8.42 Å². The maximum absolute atomic E-state index is 12.1. The second-order valence-electron chi connectivity index (χ2n) is 4.74. The molecular weight excluding hydrogens is 296 g/mol. The molecule has 0 unspecified atom stereocenters. The maximum Gasteiger partial charge on any atom is 0.250 e. The standard InChI is InChI=1S/C12H16N4O2S2/c17-20(18,16-8-11-13-5-6-14-11)12-4-3-10(19-12)7-15-9-1-2-9/h3-6,9,15-16H,1-2,7-8H2,(H,13,14). The number of nitrogens with zero attached hydrogens (tertiary/aromatic N) is 1. The minimum atomic E-state index is -3.46. The molecule has 1 fully saturated rings. The predicted molar refractivity (Wildman–Crippen MR) is 76.8 cm³/mol. The van der Waals surface area contributed by atoms with E-state index >= 15 is 0 Å².